The Morgan fingerprint density at radius 2 is 1.04 bits per heavy atom. The van der Waals surface area contributed by atoms with Crippen molar-refractivity contribution in [2.24, 2.45) is 0 Å². The number of benzene rings is 9. The molecule has 0 radical (unpaired) electrons. The molecule has 0 saturated carbocycles. The molecule has 254 valence electrons. The predicted molar refractivity (Wildman–Crippen MR) is 230 cm³/mol. The second-order valence-electron chi connectivity index (χ2n) is 14.8. The Balaban J connectivity index is 1.18. The average molecular weight is 699 g/mol. The summed E-state index contributed by atoms with van der Waals surface area (Å²) in [5.41, 5.74) is 16.3. The third-order valence-corrected chi connectivity index (χ3v) is 12.0. The standard InChI is InChI=1S/C52H30N2O/c1-2-11-31(12-3-1)33-15-8-16-34(29-33)53-44-21-6-4-18-41(44)49-45(53)28-26-42-50-46(27-25-40-37-17-5-7-22-47(37)55-52(40)50)54(51(42)49)35-23-24-36-38-19-9-13-32-14-10-20-39(48(32)38)43(36)30-35/h1-30H. The molecule has 3 nitrogen and oxygen atoms in total. The summed E-state index contributed by atoms with van der Waals surface area (Å²) in [6, 6.07) is 66.4. The lowest BCUT2D eigenvalue weighted by molar-refractivity contribution is 0.673. The number of aromatic nitrogens is 2. The molecule has 0 spiro atoms. The Morgan fingerprint density at radius 1 is 0.345 bits per heavy atom. The zero-order valence-electron chi connectivity index (χ0n) is 29.6. The van der Waals surface area contributed by atoms with E-state index < -0.39 is 0 Å². The molecule has 0 N–H and O–H groups in total. The van der Waals surface area contributed by atoms with Gasteiger partial charge >= 0.3 is 0 Å². The molecule has 55 heavy (non-hydrogen) atoms. The first-order valence-electron chi connectivity index (χ1n) is 18.9. The molecule has 3 heterocycles. The first kappa shape index (κ1) is 29.1. The van der Waals surface area contributed by atoms with E-state index in [9.17, 15) is 0 Å². The Labute approximate surface area is 315 Å². The first-order valence-corrected chi connectivity index (χ1v) is 18.9. The van der Waals surface area contributed by atoms with Crippen LogP contribution in [0.15, 0.2) is 186 Å². The summed E-state index contributed by atoms with van der Waals surface area (Å²) in [4.78, 5) is 0. The van der Waals surface area contributed by atoms with Gasteiger partial charge in [-0.15, -0.1) is 0 Å². The molecule has 0 fully saturated rings. The van der Waals surface area contributed by atoms with Crippen molar-refractivity contribution >= 4 is 76.3 Å². The predicted octanol–water partition coefficient (Wildman–Crippen LogP) is 14.2. The van der Waals surface area contributed by atoms with Gasteiger partial charge in [0.1, 0.15) is 11.2 Å². The molecule has 12 aromatic rings. The summed E-state index contributed by atoms with van der Waals surface area (Å²) in [5.74, 6) is 0. The fourth-order valence-corrected chi connectivity index (χ4v) is 9.74. The van der Waals surface area contributed by atoms with Gasteiger partial charge < -0.3 is 13.6 Å². The second kappa shape index (κ2) is 10.6. The summed E-state index contributed by atoms with van der Waals surface area (Å²) >= 11 is 0. The molecule has 0 atom stereocenters. The maximum atomic E-state index is 6.79. The van der Waals surface area contributed by atoms with E-state index in [0.717, 1.165) is 44.2 Å². The van der Waals surface area contributed by atoms with Gasteiger partial charge in [0.25, 0.3) is 0 Å². The third kappa shape index (κ3) is 3.84. The molecule has 0 unspecified atom stereocenters. The second-order valence-corrected chi connectivity index (χ2v) is 14.8. The lowest BCUT2D eigenvalue weighted by Gasteiger charge is -2.12. The number of hydrogen-bond donors (Lipinski definition) is 0. The molecule has 9 aromatic carbocycles. The number of hydrogen-bond acceptors (Lipinski definition) is 1. The van der Waals surface area contributed by atoms with Crippen LogP contribution in [-0.4, -0.2) is 9.13 Å². The average Bonchev–Trinajstić information content (AvgIpc) is 3.98. The highest BCUT2D eigenvalue weighted by Gasteiger charge is 2.26. The molecule has 1 aliphatic carbocycles. The minimum absolute atomic E-state index is 0.908. The smallest absolute Gasteiger partial charge is 0.145 e. The number of para-hydroxylation sites is 2. The largest absolute Gasteiger partial charge is 0.455 e. The Hall–Kier alpha value is -7.36. The van der Waals surface area contributed by atoms with Gasteiger partial charge in [-0.3, -0.25) is 0 Å². The number of rotatable bonds is 3. The molecule has 3 heteroatoms. The van der Waals surface area contributed by atoms with Crippen molar-refractivity contribution in [3.63, 3.8) is 0 Å². The minimum Gasteiger partial charge on any atom is -0.455 e. The van der Waals surface area contributed by atoms with Crippen LogP contribution in [0, 0.1) is 0 Å². The van der Waals surface area contributed by atoms with E-state index in [1.54, 1.807) is 0 Å². The topological polar surface area (TPSA) is 23.0 Å². The van der Waals surface area contributed by atoms with E-state index in [1.807, 2.05) is 0 Å². The highest BCUT2D eigenvalue weighted by molar-refractivity contribution is 6.31. The van der Waals surface area contributed by atoms with Crippen molar-refractivity contribution in [1.82, 2.24) is 9.13 Å². The third-order valence-electron chi connectivity index (χ3n) is 12.0. The van der Waals surface area contributed by atoms with Crippen molar-refractivity contribution in [3.05, 3.63) is 182 Å². The van der Waals surface area contributed by atoms with Gasteiger partial charge in [-0.1, -0.05) is 121 Å². The van der Waals surface area contributed by atoms with Crippen molar-refractivity contribution in [2.45, 2.75) is 0 Å². The Bertz CT molecular complexity index is 3590. The summed E-state index contributed by atoms with van der Waals surface area (Å²) in [6.45, 7) is 0. The van der Waals surface area contributed by atoms with Crippen LogP contribution in [0.4, 0.5) is 0 Å². The quantitative estimate of drug-likeness (QED) is 0.180. The molecule has 13 rings (SSSR count). The fraction of sp³-hybridized carbons (Fsp3) is 0. The zero-order chi connectivity index (χ0) is 35.8. The van der Waals surface area contributed by atoms with Crippen LogP contribution in [0.2, 0.25) is 0 Å². The van der Waals surface area contributed by atoms with Crippen molar-refractivity contribution in [1.29, 1.82) is 0 Å². The summed E-state index contributed by atoms with van der Waals surface area (Å²) in [5, 5.41) is 9.66. The molecule has 0 saturated heterocycles. The Kier molecular flexibility index (Phi) is 5.63. The van der Waals surface area contributed by atoms with E-state index in [4.69, 9.17) is 4.42 Å². The van der Waals surface area contributed by atoms with Crippen molar-refractivity contribution in [3.8, 4) is 44.8 Å². The van der Waals surface area contributed by atoms with Gasteiger partial charge in [-0.2, -0.15) is 0 Å². The maximum absolute atomic E-state index is 6.79. The van der Waals surface area contributed by atoms with Gasteiger partial charge in [0.15, 0.2) is 0 Å². The zero-order valence-corrected chi connectivity index (χ0v) is 29.6. The molecule has 0 amide bonds. The SMILES string of the molecule is c1ccc(-c2cccc(-n3c4ccccc4c4c3ccc3c5c6oc7ccccc7c6ccc5n(-c5ccc6c(c5)-c5cccc7cccc-6c57)c34)c2)cc1. The molecule has 0 bridgehead atoms. The number of nitrogens with zero attached hydrogens (tertiary/aromatic N) is 2. The minimum atomic E-state index is 0.908. The van der Waals surface area contributed by atoms with E-state index in [0.29, 0.717) is 0 Å². The van der Waals surface area contributed by atoms with Gasteiger partial charge in [0, 0.05) is 38.3 Å². The van der Waals surface area contributed by atoms with Crippen LogP contribution in [-0.2, 0) is 0 Å². The van der Waals surface area contributed by atoms with E-state index in [2.05, 4.69) is 191 Å². The van der Waals surface area contributed by atoms with Crippen molar-refractivity contribution in [2.75, 3.05) is 0 Å². The normalized spacial score (nSPS) is 12.4. The monoisotopic (exact) mass is 698 g/mol. The molecule has 3 aromatic heterocycles. The van der Waals surface area contributed by atoms with Gasteiger partial charge in [0.2, 0.25) is 0 Å². The molecule has 0 aliphatic heterocycles. The van der Waals surface area contributed by atoms with Crippen LogP contribution in [0.1, 0.15) is 0 Å². The van der Waals surface area contributed by atoms with E-state index >= 15 is 0 Å². The lowest BCUT2D eigenvalue weighted by atomic mass is 10.0. The summed E-state index contributed by atoms with van der Waals surface area (Å²) in [6.07, 6.45) is 0. The fourth-order valence-electron chi connectivity index (χ4n) is 9.74. The van der Waals surface area contributed by atoms with Gasteiger partial charge in [-0.05, 0) is 105 Å². The van der Waals surface area contributed by atoms with Crippen LogP contribution >= 0.6 is 0 Å². The van der Waals surface area contributed by atoms with Gasteiger partial charge in [0.05, 0.1) is 27.5 Å². The van der Waals surface area contributed by atoms with Gasteiger partial charge in [-0.25, -0.2) is 0 Å². The number of fused-ring (bicyclic) bond motifs is 14. The van der Waals surface area contributed by atoms with Crippen LogP contribution in [0.25, 0.3) is 121 Å². The molecular weight excluding hydrogens is 669 g/mol. The van der Waals surface area contributed by atoms with Crippen LogP contribution in [0.3, 0.4) is 0 Å². The van der Waals surface area contributed by atoms with Crippen LogP contribution < -0.4 is 0 Å². The maximum Gasteiger partial charge on any atom is 0.145 e. The lowest BCUT2D eigenvalue weighted by Crippen LogP contribution is -1.96. The first-order chi connectivity index (χ1) is 27.3. The molecule has 1 aliphatic rings. The van der Waals surface area contributed by atoms with E-state index in [1.165, 1.54) is 76.9 Å². The highest BCUT2D eigenvalue weighted by atomic mass is 16.3. The summed E-state index contributed by atoms with van der Waals surface area (Å²) in [7, 11) is 0. The Morgan fingerprint density at radius 3 is 1.91 bits per heavy atom. The van der Waals surface area contributed by atoms with Crippen LogP contribution in [0.5, 0.6) is 0 Å². The summed E-state index contributed by atoms with van der Waals surface area (Å²) < 4.78 is 11.7. The number of furan rings is 1. The highest BCUT2D eigenvalue weighted by Crippen LogP contribution is 2.50. The van der Waals surface area contributed by atoms with E-state index in [-0.39, 0.29) is 0 Å². The van der Waals surface area contributed by atoms with Crippen molar-refractivity contribution < 1.29 is 4.42 Å². The molecular formula is C52H30N2O.